The number of rotatable bonds is 7. The molecule has 174 valence electrons. The first kappa shape index (κ1) is 23.2. The van der Waals surface area contributed by atoms with E-state index in [1.54, 1.807) is 47.7 Å². The number of morpholine rings is 1. The van der Waals surface area contributed by atoms with Gasteiger partial charge in [0.15, 0.2) is 5.13 Å². The topological polar surface area (TPSA) is 63.7 Å². The Bertz CT molecular complexity index is 1060. The Hall–Kier alpha value is -2.95. The molecule has 3 aromatic rings. The van der Waals surface area contributed by atoms with E-state index in [0.29, 0.717) is 30.0 Å². The maximum Gasteiger partial charge on any atom is 0.411 e. The Morgan fingerprint density at radius 1 is 1.09 bits per heavy atom. The third-order valence-electron chi connectivity index (χ3n) is 4.96. The zero-order chi connectivity index (χ0) is 23.3. The third kappa shape index (κ3) is 6.53. The molecule has 0 bridgehead atoms. The van der Waals surface area contributed by atoms with Crippen molar-refractivity contribution in [1.29, 1.82) is 0 Å². The highest BCUT2D eigenvalue weighted by Crippen LogP contribution is 2.28. The number of halogens is 3. The number of nitrogens with one attached hydrogen (secondary N) is 1. The molecular weight excluding hydrogens is 455 g/mol. The van der Waals surface area contributed by atoms with Crippen molar-refractivity contribution in [3.63, 3.8) is 0 Å². The lowest BCUT2D eigenvalue weighted by Gasteiger charge is -2.26. The van der Waals surface area contributed by atoms with Gasteiger partial charge in [-0.3, -0.25) is 4.79 Å². The van der Waals surface area contributed by atoms with E-state index in [-0.39, 0.29) is 12.5 Å². The number of hydrogen-bond acceptors (Lipinski definition) is 6. The van der Waals surface area contributed by atoms with Crippen LogP contribution in [0.25, 0.3) is 11.3 Å². The number of ether oxygens (including phenoxy) is 2. The molecule has 1 N–H and O–H groups in total. The number of anilines is 2. The zero-order valence-corrected chi connectivity index (χ0v) is 18.4. The summed E-state index contributed by atoms with van der Waals surface area (Å²) in [6.07, 6.45) is -4.36. The SMILES string of the molecule is O=C(Nc1ccc(-c2csc(N3CCOCC3)n2)cc1)c1ccc(COCC(F)(F)F)cc1. The minimum atomic E-state index is -4.36. The molecule has 4 rings (SSSR count). The normalized spacial score (nSPS) is 14.3. The van der Waals surface area contributed by atoms with Gasteiger partial charge < -0.3 is 19.7 Å². The molecule has 10 heteroatoms. The quantitative estimate of drug-likeness (QED) is 0.520. The van der Waals surface area contributed by atoms with E-state index >= 15 is 0 Å². The fourth-order valence-corrected chi connectivity index (χ4v) is 4.15. The number of aromatic nitrogens is 1. The van der Waals surface area contributed by atoms with Gasteiger partial charge in [-0.25, -0.2) is 4.98 Å². The second kappa shape index (κ2) is 10.3. The maximum atomic E-state index is 12.5. The van der Waals surface area contributed by atoms with Gasteiger partial charge in [0.05, 0.1) is 25.5 Å². The molecule has 0 unspecified atom stereocenters. The van der Waals surface area contributed by atoms with E-state index in [0.717, 1.165) is 29.5 Å². The van der Waals surface area contributed by atoms with E-state index in [1.807, 2.05) is 17.5 Å². The molecule has 1 fully saturated rings. The van der Waals surface area contributed by atoms with Crippen molar-refractivity contribution in [2.75, 3.05) is 43.1 Å². The van der Waals surface area contributed by atoms with Crippen LogP contribution in [0.15, 0.2) is 53.9 Å². The van der Waals surface area contributed by atoms with Gasteiger partial charge in [-0.05, 0) is 29.8 Å². The summed E-state index contributed by atoms with van der Waals surface area (Å²) in [7, 11) is 0. The molecular formula is C23H22F3N3O3S. The summed E-state index contributed by atoms with van der Waals surface area (Å²) in [5.41, 5.74) is 3.41. The van der Waals surface area contributed by atoms with E-state index in [2.05, 4.69) is 15.0 Å². The fraction of sp³-hybridized carbons (Fsp3) is 0.304. The summed E-state index contributed by atoms with van der Waals surface area (Å²) < 4.78 is 46.4. The number of carbonyl (C=O) groups excluding carboxylic acids is 1. The molecule has 2 heterocycles. The monoisotopic (exact) mass is 477 g/mol. The highest BCUT2D eigenvalue weighted by molar-refractivity contribution is 7.14. The van der Waals surface area contributed by atoms with E-state index in [1.165, 1.54) is 0 Å². The largest absolute Gasteiger partial charge is 0.411 e. The van der Waals surface area contributed by atoms with Crippen LogP contribution in [-0.4, -0.2) is 50.0 Å². The number of thiazole rings is 1. The standard InChI is InChI=1S/C23H22F3N3O3S/c24-23(25,26)15-32-13-16-1-3-18(4-2-16)21(30)27-19-7-5-17(6-8-19)20-14-33-22(28-20)29-9-11-31-12-10-29/h1-8,14H,9-13,15H2,(H,27,30). The van der Waals surface area contributed by atoms with Crippen LogP contribution in [0.1, 0.15) is 15.9 Å². The van der Waals surface area contributed by atoms with Gasteiger partial charge in [0.25, 0.3) is 5.91 Å². The molecule has 1 saturated heterocycles. The van der Waals surface area contributed by atoms with Gasteiger partial charge in [0, 0.05) is 35.3 Å². The Morgan fingerprint density at radius 3 is 2.45 bits per heavy atom. The lowest BCUT2D eigenvalue weighted by atomic mass is 10.1. The smallest absolute Gasteiger partial charge is 0.378 e. The lowest BCUT2D eigenvalue weighted by Crippen LogP contribution is -2.36. The number of nitrogens with zero attached hydrogens (tertiary/aromatic N) is 2. The second-order valence-corrected chi connectivity index (χ2v) is 8.29. The molecule has 1 amide bonds. The molecule has 1 aliphatic rings. The van der Waals surface area contributed by atoms with Crippen LogP contribution in [0.4, 0.5) is 24.0 Å². The predicted octanol–water partition coefficient (Wildman–Crippen LogP) is 4.98. The average molecular weight is 478 g/mol. The zero-order valence-electron chi connectivity index (χ0n) is 17.6. The van der Waals surface area contributed by atoms with Crippen LogP contribution < -0.4 is 10.2 Å². The number of amides is 1. The molecule has 33 heavy (non-hydrogen) atoms. The molecule has 0 spiro atoms. The predicted molar refractivity (Wildman–Crippen MR) is 121 cm³/mol. The van der Waals surface area contributed by atoms with Crippen molar-refractivity contribution in [2.45, 2.75) is 12.8 Å². The Kier molecular flexibility index (Phi) is 7.26. The van der Waals surface area contributed by atoms with Crippen molar-refractivity contribution in [3.8, 4) is 11.3 Å². The van der Waals surface area contributed by atoms with Gasteiger partial charge >= 0.3 is 6.18 Å². The molecule has 0 atom stereocenters. The van der Waals surface area contributed by atoms with Gasteiger partial charge in [0.1, 0.15) is 6.61 Å². The van der Waals surface area contributed by atoms with E-state index in [9.17, 15) is 18.0 Å². The van der Waals surface area contributed by atoms with Gasteiger partial charge in [-0.2, -0.15) is 13.2 Å². The summed E-state index contributed by atoms with van der Waals surface area (Å²) in [4.78, 5) is 19.4. The first-order valence-corrected chi connectivity index (χ1v) is 11.2. The van der Waals surface area contributed by atoms with E-state index < -0.39 is 12.8 Å². The first-order valence-electron chi connectivity index (χ1n) is 10.3. The highest BCUT2D eigenvalue weighted by atomic mass is 32.1. The number of carbonyl (C=O) groups is 1. The first-order chi connectivity index (χ1) is 15.9. The molecule has 0 aliphatic carbocycles. The highest BCUT2D eigenvalue weighted by Gasteiger charge is 2.27. The molecule has 0 saturated carbocycles. The summed E-state index contributed by atoms with van der Waals surface area (Å²) in [6.45, 7) is 1.60. The Labute approximate surface area is 193 Å². The minimum absolute atomic E-state index is 0.174. The number of hydrogen-bond donors (Lipinski definition) is 1. The average Bonchev–Trinajstić information content (AvgIpc) is 3.30. The van der Waals surface area contributed by atoms with Crippen molar-refractivity contribution in [2.24, 2.45) is 0 Å². The minimum Gasteiger partial charge on any atom is -0.378 e. The van der Waals surface area contributed by atoms with Crippen molar-refractivity contribution in [1.82, 2.24) is 4.98 Å². The van der Waals surface area contributed by atoms with Crippen LogP contribution in [0.5, 0.6) is 0 Å². The summed E-state index contributed by atoms with van der Waals surface area (Å²) in [5, 5.41) is 5.80. The summed E-state index contributed by atoms with van der Waals surface area (Å²) in [6, 6.07) is 13.7. The molecule has 0 radical (unpaired) electrons. The Morgan fingerprint density at radius 2 is 1.79 bits per heavy atom. The van der Waals surface area contributed by atoms with Crippen LogP contribution in [0, 0.1) is 0 Å². The summed E-state index contributed by atoms with van der Waals surface area (Å²) >= 11 is 1.60. The summed E-state index contributed by atoms with van der Waals surface area (Å²) in [5.74, 6) is -0.311. The van der Waals surface area contributed by atoms with Crippen LogP contribution >= 0.6 is 11.3 Å². The van der Waals surface area contributed by atoms with Crippen LogP contribution in [-0.2, 0) is 16.1 Å². The number of alkyl halides is 3. The van der Waals surface area contributed by atoms with Gasteiger partial charge in [0.2, 0.25) is 0 Å². The third-order valence-corrected chi connectivity index (χ3v) is 5.86. The van der Waals surface area contributed by atoms with Gasteiger partial charge in [-0.15, -0.1) is 11.3 Å². The second-order valence-electron chi connectivity index (χ2n) is 7.45. The van der Waals surface area contributed by atoms with Crippen molar-refractivity contribution in [3.05, 3.63) is 65.0 Å². The van der Waals surface area contributed by atoms with E-state index in [4.69, 9.17) is 9.72 Å². The molecule has 1 aromatic heterocycles. The molecule has 1 aliphatic heterocycles. The molecule has 6 nitrogen and oxygen atoms in total. The van der Waals surface area contributed by atoms with Crippen molar-refractivity contribution >= 4 is 28.1 Å². The lowest BCUT2D eigenvalue weighted by molar-refractivity contribution is -0.176. The molecule has 2 aromatic carbocycles. The van der Waals surface area contributed by atoms with Crippen LogP contribution in [0.2, 0.25) is 0 Å². The fourth-order valence-electron chi connectivity index (χ4n) is 3.26. The van der Waals surface area contributed by atoms with Gasteiger partial charge in [-0.1, -0.05) is 24.3 Å². The Balaban J connectivity index is 1.32. The van der Waals surface area contributed by atoms with Crippen LogP contribution in [0.3, 0.4) is 0 Å². The number of benzene rings is 2. The van der Waals surface area contributed by atoms with Crippen molar-refractivity contribution < 1.29 is 27.4 Å². The maximum absolute atomic E-state index is 12.5.